The van der Waals surface area contributed by atoms with E-state index in [0.717, 1.165) is 30.4 Å². The van der Waals surface area contributed by atoms with Crippen LogP contribution in [0.25, 0.3) is 33.0 Å². The van der Waals surface area contributed by atoms with Crippen LogP contribution in [0.15, 0.2) is 72.8 Å². The summed E-state index contributed by atoms with van der Waals surface area (Å²) in [6.07, 6.45) is 2.29. The predicted molar refractivity (Wildman–Crippen MR) is 132 cm³/mol. The minimum atomic E-state index is -4.74. The van der Waals surface area contributed by atoms with Crippen LogP contribution < -0.4 is 0 Å². The van der Waals surface area contributed by atoms with Crippen molar-refractivity contribution in [3.05, 3.63) is 95.6 Å². The van der Waals surface area contributed by atoms with Gasteiger partial charge in [0.1, 0.15) is 11.6 Å². The lowest BCUT2D eigenvalue weighted by molar-refractivity contribution is -0.139. The van der Waals surface area contributed by atoms with Crippen molar-refractivity contribution in [3.63, 3.8) is 0 Å². The van der Waals surface area contributed by atoms with Gasteiger partial charge in [0, 0.05) is 10.9 Å². The smallest absolute Gasteiger partial charge is 0.206 e. The van der Waals surface area contributed by atoms with E-state index in [1.807, 2.05) is 24.3 Å². The molecule has 0 heterocycles. The predicted octanol–water partition coefficient (Wildman–Crippen LogP) is 9.98. The molecule has 0 saturated heterocycles. The minimum Gasteiger partial charge on any atom is -0.206 e. The lowest BCUT2D eigenvalue weighted by Crippen LogP contribution is -2.07. The quantitative estimate of drug-likeness (QED) is 0.173. The van der Waals surface area contributed by atoms with Crippen molar-refractivity contribution in [2.75, 3.05) is 0 Å². The van der Waals surface area contributed by atoms with Crippen LogP contribution in [0.4, 0.5) is 22.0 Å². The third kappa shape index (κ3) is 5.72. The van der Waals surface area contributed by atoms with E-state index in [0.29, 0.717) is 27.6 Å². The van der Waals surface area contributed by atoms with E-state index >= 15 is 4.39 Å². The Balaban J connectivity index is 1.54. The van der Waals surface area contributed by atoms with Crippen LogP contribution in [0, 0.1) is 11.6 Å². The van der Waals surface area contributed by atoms with Gasteiger partial charge in [-0.25, -0.2) is 8.78 Å². The third-order valence-electron chi connectivity index (χ3n) is 6.39. The zero-order valence-electron chi connectivity index (χ0n) is 19.6. The van der Waals surface area contributed by atoms with Crippen LogP contribution >= 0.6 is 0 Å². The molecule has 0 bridgehead atoms. The Morgan fingerprint density at radius 1 is 0.657 bits per heavy atom. The maximum atomic E-state index is 15.4. The summed E-state index contributed by atoms with van der Waals surface area (Å²) in [4.78, 5) is 0. The number of alkyl halides is 3. The molecule has 0 aromatic heterocycles. The molecule has 4 rings (SSSR count). The fourth-order valence-electron chi connectivity index (χ4n) is 4.42. The Labute approximate surface area is 202 Å². The van der Waals surface area contributed by atoms with Crippen LogP contribution in [-0.2, 0) is 12.6 Å². The molecule has 0 aliphatic carbocycles. The lowest BCUT2D eigenvalue weighted by atomic mass is 9.96. The molecular formula is C30H27F5. The molecule has 0 radical (unpaired) electrons. The molecule has 0 fully saturated rings. The zero-order chi connectivity index (χ0) is 25.0. The van der Waals surface area contributed by atoms with Gasteiger partial charge in [-0.05, 0) is 52.6 Å². The highest BCUT2D eigenvalue weighted by Gasteiger charge is 2.33. The molecule has 0 N–H and O–H groups in total. The summed E-state index contributed by atoms with van der Waals surface area (Å²) in [5.74, 6) is -1.63. The van der Waals surface area contributed by atoms with Gasteiger partial charge < -0.3 is 0 Å². The second-order valence-electron chi connectivity index (χ2n) is 8.92. The molecule has 35 heavy (non-hydrogen) atoms. The van der Waals surface area contributed by atoms with Gasteiger partial charge in [0.2, 0.25) is 0 Å². The summed E-state index contributed by atoms with van der Waals surface area (Å²) in [6.45, 7) is 2.20. The first-order valence-electron chi connectivity index (χ1n) is 12.0. The Bertz CT molecular complexity index is 1300. The molecule has 0 nitrogen and oxygen atoms in total. The molecule has 0 amide bonds. The van der Waals surface area contributed by atoms with Gasteiger partial charge in [-0.2, -0.15) is 13.2 Å². The summed E-state index contributed by atoms with van der Waals surface area (Å²) in [5, 5.41) is 1.40. The highest BCUT2D eigenvalue weighted by molar-refractivity contribution is 5.89. The van der Waals surface area contributed by atoms with Crippen molar-refractivity contribution in [2.24, 2.45) is 0 Å². The van der Waals surface area contributed by atoms with E-state index in [2.05, 4.69) is 6.92 Å². The van der Waals surface area contributed by atoms with Gasteiger partial charge in [0.05, 0.1) is 5.56 Å². The number of fused-ring (bicyclic) bond motifs is 1. The number of hydrogen-bond donors (Lipinski definition) is 0. The molecule has 4 aromatic rings. The number of rotatable bonds is 8. The van der Waals surface area contributed by atoms with E-state index in [1.54, 1.807) is 30.3 Å². The fraction of sp³-hybridized carbons (Fsp3) is 0.267. The highest BCUT2D eigenvalue weighted by Crippen LogP contribution is 2.35. The fourth-order valence-corrected chi connectivity index (χ4v) is 4.42. The van der Waals surface area contributed by atoms with E-state index in [9.17, 15) is 17.6 Å². The minimum absolute atomic E-state index is 0.315. The van der Waals surface area contributed by atoms with Crippen molar-refractivity contribution in [1.82, 2.24) is 0 Å². The first-order valence-corrected chi connectivity index (χ1v) is 12.0. The summed E-state index contributed by atoms with van der Waals surface area (Å²) >= 11 is 0. The van der Waals surface area contributed by atoms with Crippen LogP contribution in [0.1, 0.15) is 50.2 Å². The molecule has 0 atom stereocenters. The van der Waals surface area contributed by atoms with Gasteiger partial charge >= 0.3 is 6.18 Å². The van der Waals surface area contributed by atoms with Crippen LogP contribution in [0.2, 0.25) is 0 Å². The number of aryl methyl sites for hydroxylation is 1. The average Bonchev–Trinajstić information content (AvgIpc) is 2.83. The van der Waals surface area contributed by atoms with Gasteiger partial charge in [-0.15, -0.1) is 0 Å². The second kappa shape index (κ2) is 10.6. The first kappa shape index (κ1) is 24.9. The topological polar surface area (TPSA) is 0 Å². The van der Waals surface area contributed by atoms with Gasteiger partial charge in [0.25, 0.3) is 0 Å². The second-order valence-corrected chi connectivity index (χ2v) is 8.92. The number of hydrogen-bond acceptors (Lipinski definition) is 0. The molecule has 5 heteroatoms. The SMILES string of the molecule is CCCCCCCc1ccc2c(F)c(-c3ccc(-c4ccc(C(F)(F)F)c(F)c4)cc3)ccc2c1. The van der Waals surface area contributed by atoms with Crippen molar-refractivity contribution < 1.29 is 22.0 Å². The Kier molecular flexibility index (Phi) is 7.54. The summed E-state index contributed by atoms with van der Waals surface area (Å²) in [6, 6.07) is 19.1. The van der Waals surface area contributed by atoms with Crippen LogP contribution in [-0.4, -0.2) is 0 Å². The normalized spacial score (nSPS) is 11.8. The summed E-state index contributed by atoms with van der Waals surface area (Å²) < 4.78 is 67.8. The molecule has 0 spiro atoms. The van der Waals surface area contributed by atoms with Gasteiger partial charge in [-0.1, -0.05) is 93.3 Å². The van der Waals surface area contributed by atoms with Crippen molar-refractivity contribution in [1.29, 1.82) is 0 Å². The van der Waals surface area contributed by atoms with Gasteiger partial charge in [0.15, 0.2) is 0 Å². The molecule has 0 saturated carbocycles. The largest absolute Gasteiger partial charge is 0.419 e. The number of benzene rings is 4. The zero-order valence-corrected chi connectivity index (χ0v) is 19.6. The maximum absolute atomic E-state index is 15.4. The third-order valence-corrected chi connectivity index (χ3v) is 6.39. The van der Waals surface area contributed by atoms with Gasteiger partial charge in [-0.3, -0.25) is 0 Å². The molecule has 182 valence electrons. The van der Waals surface area contributed by atoms with Crippen molar-refractivity contribution >= 4 is 10.8 Å². The Morgan fingerprint density at radius 2 is 1.34 bits per heavy atom. The van der Waals surface area contributed by atoms with E-state index < -0.39 is 17.6 Å². The van der Waals surface area contributed by atoms with Crippen molar-refractivity contribution in [2.45, 2.75) is 51.6 Å². The Morgan fingerprint density at radius 3 is 2.03 bits per heavy atom. The monoisotopic (exact) mass is 482 g/mol. The lowest BCUT2D eigenvalue weighted by Gasteiger charge is -2.11. The highest BCUT2D eigenvalue weighted by atomic mass is 19.4. The Hall–Kier alpha value is -3.21. The van der Waals surface area contributed by atoms with Crippen LogP contribution in [0.3, 0.4) is 0 Å². The molecule has 0 unspecified atom stereocenters. The maximum Gasteiger partial charge on any atom is 0.419 e. The van der Waals surface area contributed by atoms with Crippen LogP contribution in [0.5, 0.6) is 0 Å². The van der Waals surface area contributed by atoms with E-state index in [4.69, 9.17) is 0 Å². The average molecular weight is 483 g/mol. The first-order chi connectivity index (χ1) is 16.8. The molecule has 0 aliphatic heterocycles. The molecule has 0 aliphatic rings. The number of unbranched alkanes of at least 4 members (excludes halogenated alkanes) is 4. The standard InChI is InChI=1S/C30H27F5/c1-2-3-4-5-6-7-20-8-15-26-24(18-20)13-16-25(29(26)32)22-11-9-21(10-12-22)23-14-17-27(28(31)19-23)30(33,34)35/h8-19H,2-7H2,1H3. The number of halogens is 5. The van der Waals surface area contributed by atoms with E-state index in [1.165, 1.54) is 37.3 Å². The molecule has 4 aromatic carbocycles. The molecular weight excluding hydrogens is 455 g/mol. The van der Waals surface area contributed by atoms with E-state index in [-0.39, 0.29) is 5.82 Å². The summed E-state index contributed by atoms with van der Waals surface area (Å²) in [5.41, 5.74) is 1.86. The summed E-state index contributed by atoms with van der Waals surface area (Å²) in [7, 11) is 0. The van der Waals surface area contributed by atoms with Crippen molar-refractivity contribution in [3.8, 4) is 22.3 Å².